The molecule has 0 saturated carbocycles. The highest BCUT2D eigenvalue weighted by Gasteiger charge is 1.98. The Kier molecular flexibility index (Phi) is 16.0. The minimum Gasteiger partial charge on any atom is -0.491 e. The highest BCUT2D eigenvalue weighted by molar-refractivity contribution is 5.20. The van der Waals surface area contributed by atoms with E-state index in [4.69, 9.17) is 18.9 Å². The van der Waals surface area contributed by atoms with Crippen molar-refractivity contribution in [3.63, 3.8) is 0 Å². The highest BCUT2D eigenvalue weighted by atomic mass is 16.5. The Morgan fingerprint density at radius 1 is 0.750 bits per heavy atom. The van der Waals surface area contributed by atoms with Crippen LogP contribution >= 0.6 is 0 Å². The predicted molar refractivity (Wildman–Crippen MR) is 99.8 cm³/mol. The van der Waals surface area contributed by atoms with Gasteiger partial charge in [0.15, 0.2) is 0 Å². The van der Waals surface area contributed by atoms with Gasteiger partial charge >= 0.3 is 0 Å². The highest BCUT2D eigenvalue weighted by Crippen LogP contribution is 2.07. The first-order chi connectivity index (χ1) is 11.6. The minimum atomic E-state index is 0.328. The molecule has 0 aromatic heterocycles. The summed E-state index contributed by atoms with van der Waals surface area (Å²) in [7, 11) is 0. The number of ether oxygens (including phenoxy) is 4. The molecule has 0 bridgehead atoms. The lowest BCUT2D eigenvalue weighted by Crippen LogP contribution is -2.13. The molecule has 4 heteroatoms. The second-order valence-corrected chi connectivity index (χ2v) is 5.54. The number of hydrogen-bond acceptors (Lipinski definition) is 4. The van der Waals surface area contributed by atoms with Gasteiger partial charge in [-0.05, 0) is 45.7 Å². The molecule has 0 saturated heterocycles. The fourth-order valence-electron chi connectivity index (χ4n) is 1.61. The van der Waals surface area contributed by atoms with Crippen molar-refractivity contribution in [2.45, 2.75) is 59.7 Å². The van der Waals surface area contributed by atoms with Crippen LogP contribution in [0.4, 0.5) is 0 Å². The van der Waals surface area contributed by atoms with Gasteiger partial charge in [0.05, 0.1) is 32.0 Å². The molecule has 0 aliphatic heterocycles. The van der Waals surface area contributed by atoms with Crippen molar-refractivity contribution in [2.75, 3.05) is 33.0 Å². The summed E-state index contributed by atoms with van der Waals surface area (Å²) in [5.74, 6) is 0.903. The van der Waals surface area contributed by atoms with Gasteiger partial charge in [-0.3, -0.25) is 0 Å². The third kappa shape index (κ3) is 14.5. The van der Waals surface area contributed by atoms with E-state index < -0.39 is 0 Å². The molecule has 0 N–H and O–H groups in total. The first kappa shape index (κ1) is 22.9. The van der Waals surface area contributed by atoms with E-state index in [-0.39, 0.29) is 0 Å². The molecule has 0 radical (unpaired) electrons. The van der Waals surface area contributed by atoms with Gasteiger partial charge in [-0.2, -0.15) is 0 Å². The zero-order valence-electron chi connectivity index (χ0n) is 16.1. The van der Waals surface area contributed by atoms with Crippen LogP contribution in [0, 0.1) is 0 Å². The topological polar surface area (TPSA) is 36.9 Å². The maximum absolute atomic E-state index is 5.49. The van der Waals surface area contributed by atoms with Crippen molar-refractivity contribution < 1.29 is 18.9 Å². The Balaban J connectivity index is 0.000000470. The zero-order chi connectivity index (χ0) is 18.0. The number of rotatable bonds is 12. The molecule has 0 spiro atoms. The maximum Gasteiger partial charge on any atom is 0.119 e. The average molecular weight is 341 g/mol. The molecule has 1 rings (SSSR count). The molecular weight excluding hydrogens is 304 g/mol. The van der Waals surface area contributed by atoms with Gasteiger partial charge in [0.2, 0.25) is 0 Å². The van der Waals surface area contributed by atoms with Crippen molar-refractivity contribution in [2.24, 2.45) is 0 Å². The van der Waals surface area contributed by atoms with E-state index in [1.54, 1.807) is 0 Å². The second-order valence-electron chi connectivity index (χ2n) is 5.54. The monoisotopic (exact) mass is 340 g/mol. The molecule has 0 heterocycles. The summed E-state index contributed by atoms with van der Waals surface area (Å²) < 4.78 is 21.4. The molecule has 0 aliphatic rings. The van der Waals surface area contributed by atoms with Crippen LogP contribution in [-0.4, -0.2) is 45.2 Å². The molecule has 140 valence electrons. The van der Waals surface area contributed by atoms with Gasteiger partial charge in [-0.15, -0.1) is 0 Å². The molecule has 1 aromatic carbocycles. The van der Waals surface area contributed by atoms with E-state index in [0.29, 0.717) is 25.4 Å². The van der Waals surface area contributed by atoms with E-state index >= 15 is 0 Å². The molecular formula is C20H36O4. The van der Waals surface area contributed by atoms with E-state index in [0.717, 1.165) is 38.4 Å². The van der Waals surface area contributed by atoms with Crippen LogP contribution in [0.3, 0.4) is 0 Å². The van der Waals surface area contributed by atoms with Gasteiger partial charge in [0.1, 0.15) is 12.4 Å². The van der Waals surface area contributed by atoms with Gasteiger partial charge in [0.25, 0.3) is 0 Å². The van der Waals surface area contributed by atoms with Crippen LogP contribution in [-0.2, 0) is 14.2 Å². The van der Waals surface area contributed by atoms with Crippen molar-refractivity contribution in [3.05, 3.63) is 30.3 Å². The second kappa shape index (κ2) is 16.7. The predicted octanol–water partition coefficient (Wildman–Crippen LogP) is 4.72. The maximum atomic E-state index is 5.49. The zero-order valence-corrected chi connectivity index (χ0v) is 16.1. The summed E-state index contributed by atoms with van der Waals surface area (Å²) in [6, 6.07) is 9.80. The number of para-hydroxylation sites is 1. The Morgan fingerprint density at radius 2 is 1.29 bits per heavy atom. The van der Waals surface area contributed by atoms with Gasteiger partial charge in [0, 0.05) is 6.61 Å². The van der Waals surface area contributed by atoms with Gasteiger partial charge in [-0.25, -0.2) is 0 Å². The van der Waals surface area contributed by atoms with Crippen molar-refractivity contribution in [3.8, 4) is 5.75 Å². The molecule has 2 unspecified atom stereocenters. The minimum absolute atomic E-state index is 0.328. The molecule has 2 atom stereocenters. The summed E-state index contributed by atoms with van der Waals surface area (Å²) in [5.41, 5.74) is 0. The van der Waals surface area contributed by atoms with Crippen molar-refractivity contribution in [1.82, 2.24) is 0 Å². The van der Waals surface area contributed by atoms with Crippen LogP contribution < -0.4 is 4.74 Å². The van der Waals surface area contributed by atoms with E-state index in [2.05, 4.69) is 27.7 Å². The molecule has 0 aliphatic carbocycles. The Morgan fingerprint density at radius 3 is 1.79 bits per heavy atom. The number of hydrogen-bond donors (Lipinski definition) is 0. The van der Waals surface area contributed by atoms with E-state index in [1.807, 2.05) is 37.3 Å². The van der Waals surface area contributed by atoms with E-state index in [9.17, 15) is 0 Å². The first-order valence-electron chi connectivity index (χ1n) is 9.12. The fraction of sp³-hybridized carbons (Fsp3) is 0.700. The molecule has 24 heavy (non-hydrogen) atoms. The largest absolute Gasteiger partial charge is 0.491 e. The van der Waals surface area contributed by atoms with E-state index in [1.165, 1.54) is 0 Å². The average Bonchev–Trinajstić information content (AvgIpc) is 2.63. The summed E-state index contributed by atoms with van der Waals surface area (Å²) in [5, 5.41) is 0. The Bertz CT molecular complexity index is 356. The summed E-state index contributed by atoms with van der Waals surface area (Å²) in [6.07, 6.45) is 2.83. The smallest absolute Gasteiger partial charge is 0.119 e. The normalized spacial score (nSPS) is 12.9. The Labute approximate surface area is 148 Å². The fourth-order valence-corrected chi connectivity index (χ4v) is 1.61. The summed E-state index contributed by atoms with van der Waals surface area (Å²) in [4.78, 5) is 0. The summed E-state index contributed by atoms with van der Waals surface area (Å²) >= 11 is 0. The lowest BCUT2D eigenvalue weighted by Gasteiger charge is -2.11. The quantitative estimate of drug-likeness (QED) is 0.516. The SMILES string of the molecule is CCC(C)OCCOc1ccccc1.CCOCCOC(C)CC. The summed E-state index contributed by atoms with van der Waals surface area (Å²) in [6.45, 7) is 13.9. The van der Waals surface area contributed by atoms with Crippen molar-refractivity contribution in [1.29, 1.82) is 0 Å². The third-order valence-corrected chi connectivity index (χ3v) is 3.48. The lowest BCUT2D eigenvalue weighted by molar-refractivity contribution is 0.0142. The van der Waals surface area contributed by atoms with Crippen LogP contribution in [0.2, 0.25) is 0 Å². The third-order valence-electron chi connectivity index (χ3n) is 3.48. The molecule has 1 aromatic rings. The van der Waals surface area contributed by atoms with Crippen LogP contribution in [0.5, 0.6) is 5.75 Å². The molecule has 0 amide bonds. The van der Waals surface area contributed by atoms with Gasteiger partial charge in [-0.1, -0.05) is 32.0 Å². The van der Waals surface area contributed by atoms with Crippen LogP contribution in [0.25, 0.3) is 0 Å². The molecule has 0 fully saturated rings. The lowest BCUT2D eigenvalue weighted by atomic mass is 10.3. The number of benzene rings is 1. The molecule has 4 nitrogen and oxygen atoms in total. The van der Waals surface area contributed by atoms with Crippen LogP contribution in [0.1, 0.15) is 47.5 Å². The van der Waals surface area contributed by atoms with Crippen molar-refractivity contribution >= 4 is 0 Å². The standard InChI is InChI=1S/C12H18O2.C8H18O2/c1-3-11(2)13-9-10-14-12-7-5-4-6-8-12;1-4-8(3)10-7-6-9-5-2/h4-8,11H,3,9-10H2,1-2H3;8H,4-7H2,1-3H3. The Hall–Kier alpha value is -1.10. The van der Waals surface area contributed by atoms with Gasteiger partial charge < -0.3 is 18.9 Å². The van der Waals surface area contributed by atoms with Crippen LogP contribution in [0.15, 0.2) is 30.3 Å². The first-order valence-corrected chi connectivity index (χ1v) is 9.12.